The first-order valence-corrected chi connectivity index (χ1v) is 8.72. The number of para-hydroxylation sites is 1. The van der Waals surface area contributed by atoms with Crippen LogP contribution in [0.3, 0.4) is 0 Å². The maximum absolute atomic E-state index is 12.9. The molecule has 0 radical (unpaired) electrons. The minimum absolute atomic E-state index is 0.257. The van der Waals surface area contributed by atoms with E-state index in [9.17, 15) is 4.79 Å². The number of allylic oxidation sites excluding steroid dienone is 1. The van der Waals surface area contributed by atoms with Gasteiger partial charge in [0.15, 0.2) is 5.11 Å². The van der Waals surface area contributed by atoms with E-state index in [1.807, 2.05) is 30.3 Å². The van der Waals surface area contributed by atoms with Crippen molar-refractivity contribution in [2.24, 2.45) is 0 Å². The van der Waals surface area contributed by atoms with E-state index in [1.165, 1.54) is 0 Å². The van der Waals surface area contributed by atoms with E-state index in [1.54, 1.807) is 25.1 Å². The average molecular weight is 392 g/mol. The number of nitrogens with one attached hydrogen (secondary N) is 3. The molecule has 0 saturated heterocycles. The van der Waals surface area contributed by atoms with Crippen molar-refractivity contribution in [1.29, 1.82) is 0 Å². The first-order valence-electron chi connectivity index (χ1n) is 7.56. The van der Waals surface area contributed by atoms with E-state index < -0.39 is 6.04 Å². The van der Waals surface area contributed by atoms with Crippen LogP contribution in [-0.4, -0.2) is 11.0 Å². The molecule has 1 unspecified atom stereocenters. The molecule has 2 aromatic carbocycles. The number of anilines is 1. The molecule has 1 atom stereocenters. The fraction of sp³-hybridized carbons (Fsp3) is 0.111. The van der Waals surface area contributed by atoms with Gasteiger partial charge in [-0.15, -0.1) is 0 Å². The van der Waals surface area contributed by atoms with Crippen LogP contribution < -0.4 is 16.0 Å². The Morgan fingerprint density at radius 1 is 1.08 bits per heavy atom. The van der Waals surface area contributed by atoms with Crippen LogP contribution in [0.15, 0.2) is 59.8 Å². The Morgan fingerprint density at radius 3 is 2.36 bits per heavy atom. The van der Waals surface area contributed by atoms with Gasteiger partial charge < -0.3 is 16.0 Å². The minimum atomic E-state index is -0.543. The largest absolute Gasteiger partial charge is 0.351 e. The number of rotatable bonds is 3. The molecule has 3 N–H and O–H groups in total. The number of hydrogen-bond acceptors (Lipinski definition) is 2. The second-order valence-electron chi connectivity index (χ2n) is 5.53. The number of carbonyl (C=O) groups is 1. The fourth-order valence-corrected chi connectivity index (χ4v) is 3.60. The first kappa shape index (κ1) is 17.7. The highest BCUT2D eigenvalue weighted by molar-refractivity contribution is 7.80. The summed E-state index contributed by atoms with van der Waals surface area (Å²) in [6.07, 6.45) is 0. The zero-order valence-electron chi connectivity index (χ0n) is 13.3. The van der Waals surface area contributed by atoms with Gasteiger partial charge in [0, 0.05) is 27.0 Å². The zero-order valence-corrected chi connectivity index (χ0v) is 15.6. The highest BCUT2D eigenvalue weighted by Crippen LogP contribution is 2.36. The Kier molecular flexibility index (Phi) is 5.27. The number of benzene rings is 2. The van der Waals surface area contributed by atoms with Crippen molar-refractivity contribution < 1.29 is 4.79 Å². The Morgan fingerprint density at radius 2 is 1.72 bits per heavy atom. The summed E-state index contributed by atoms with van der Waals surface area (Å²) < 4.78 is 0. The van der Waals surface area contributed by atoms with E-state index in [-0.39, 0.29) is 5.91 Å². The van der Waals surface area contributed by atoms with Gasteiger partial charge in [-0.1, -0.05) is 47.5 Å². The third kappa shape index (κ3) is 3.79. The van der Waals surface area contributed by atoms with Crippen molar-refractivity contribution in [2.45, 2.75) is 13.0 Å². The molecule has 128 valence electrons. The standard InChI is InChI=1S/C18H15Cl2N3OS/c1-10-14(17(24)22-11-6-3-2-4-7-11)16(23-18(25)21-10)15-12(19)8-5-9-13(15)20/h2-9,16H,1H3,(H,22,24)(H2,21,23,25). The molecular formula is C18H15Cl2N3OS. The topological polar surface area (TPSA) is 53.2 Å². The van der Waals surface area contributed by atoms with Crippen LogP contribution in [0.2, 0.25) is 10.0 Å². The van der Waals surface area contributed by atoms with E-state index >= 15 is 0 Å². The highest BCUT2D eigenvalue weighted by Gasteiger charge is 2.32. The highest BCUT2D eigenvalue weighted by atomic mass is 35.5. The summed E-state index contributed by atoms with van der Waals surface area (Å²) in [6, 6.07) is 13.9. The van der Waals surface area contributed by atoms with Gasteiger partial charge in [0.1, 0.15) is 0 Å². The molecule has 7 heteroatoms. The van der Waals surface area contributed by atoms with Gasteiger partial charge in [0.25, 0.3) is 5.91 Å². The summed E-state index contributed by atoms with van der Waals surface area (Å²) in [5, 5.41) is 10.3. The van der Waals surface area contributed by atoms with Crippen LogP contribution in [0, 0.1) is 0 Å². The molecule has 25 heavy (non-hydrogen) atoms. The predicted molar refractivity (Wildman–Crippen MR) is 106 cm³/mol. The van der Waals surface area contributed by atoms with Crippen LogP contribution >= 0.6 is 35.4 Å². The maximum Gasteiger partial charge on any atom is 0.255 e. The maximum atomic E-state index is 12.9. The first-order chi connectivity index (χ1) is 12.0. The van der Waals surface area contributed by atoms with Crippen molar-refractivity contribution in [3.8, 4) is 0 Å². The lowest BCUT2D eigenvalue weighted by Crippen LogP contribution is -2.46. The minimum Gasteiger partial charge on any atom is -0.351 e. The molecule has 2 aromatic rings. The number of halogens is 2. The summed E-state index contributed by atoms with van der Waals surface area (Å²) in [4.78, 5) is 12.9. The summed E-state index contributed by atoms with van der Waals surface area (Å²) in [7, 11) is 0. The SMILES string of the molecule is CC1=C(C(=O)Nc2ccccc2)C(c2c(Cl)cccc2Cl)NC(=S)N1. The van der Waals surface area contributed by atoms with Crippen molar-refractivity contribution in [3.63, 3.8) is 0 Å². The van der Waals surface area contributed by atoms with Crippen LogP contribution in [0.25, 0.3) is 0 Å². The Bertz CT molecular complexity index is 848. The number of thiocarbonyl (C=S) groups is 1. The van der Waals surface area contributed by atoms with Gasteiger partial charge >= 0.3 is 0 Å². The Labute approximate surface area is 161 Å². The quantitative estimate of drug-likeness (QED) is 0.677. The van der Waals surface area contributed by atoms with Crippen molar-refractivity contribution in [1.82, 2.24) is 10.6 Å². The molecule has 3 rings (SSSR count). The molecular weight excluding hydrogens is 377 g/mol. The van der Waals surface area contributed by atoms with E-state index in [0.717, 1.165) is 0 Å². The van der Waals surface area contributed by atoms with Crippen LogP contribution in [0.4, 0.5) is 5.69 Å². The molecule has 0 spiro atoms. The second kappa shape index (κ2) is 7.44. The number of amides is 1. The molecule has 4 nitrogen and oxygen atoms in total. The number of carbonyl (C=O) groups excluding carboxylic acids is 1. The summed E-state index contributed by atoms with van der Waals surface area (Å²) in [5.74, 6) is -0.257. The van der Waals surface area contributed by atoms with E-state index in [4.69, 9.17) is 35.4 Å². The Hall–Kier alpha value is -2.08. The molecule has 1 amide bonds. The summed E-state index contributed by atoms with van der Waals surface area (Å²) in [5.41, 5.74) is 2.45. The molecule has 0 aliphatic carbocycles. The van der Waals surface area contributed by atoms with Crippen molar-refractivity contribution >= 4 is 52.1 Å². The van der Waals surface area contributed by atoms with E-state index in [2.05, 4.69) is 16.0 Å². The van der Waals surface area contributed by atoms with Gasteiger partial charge in [-0.05, 0) is 43.4 Å². The monoisotopic (exact) mass is 391 g/mol. The molecule has 1 aliphatic heterocycles. The Balaban J connectivity index is 2.02. The van der Waals surface area contributed by atoms with E-state index in [0.29, 0.717) is 37.7 Å². The van der Waals surface area contributed by atoms with Crippen molar-refractivity contribution in [2.75, 3.05) is 5.32 Å². The van der Waals surface area contributed by atoms with Crippen LogP contribution in [0.5, 0.6) is 0 Å². The molecule has 0 fully saturated rings. The third-order valence-corrected chi connectivity index (χ3v) is 4.71. The molecule has 0 saturated carbocycles. The van der Waals surface area contributed by atoms with Crippen LogP contribution in [0.1, 0.15) is 18.5 Å². The van der Waals surface area contributed by atoms with Gasteiger partial charge in [-0.3, -0.25) is 4.79 Å². The lowest BCUT2D eigenvalue weighted by molar-refractivity contribution is -0.113. The van der Waals surface area contributed by atoms with Gasteiger partial charge in [-0.25, -0.2) is 0 Å². The second-order valence-corrected chi connectivity index (χ2v) is 6.75. The summed E-state index contributed by atoms with van der Waals surface area (Å²) >= 11 is 17.9. The normalized spacial score (nSPS) is 16.9. The molecule has 0 aromatic heterocycles. The summed E-state index contributed by atoms with van der Waals surface area (Å²) in [6.45, 7) is 1.80. The third-order valence-electron chi connectivity index (χ3n) is 3.83. The van der Waals surface area contributed by atoms with Crippen LogP contribution in [-0.2, 0) is 4.79 Å². The van der Waals surface area contributed by atoms with Crippen molar-refractivity contribution in [3.05, 3.63) is 75.4 Å². The predicted octanol–water partition coefficient (Wildman–Crippen LogP) is 4.42. The molecule has 1 aliphatic rings. The zero-order chi connectivity index (χ0) is 18.0. The lowest BCUT2D eigenvalue weighted by atomic mass is 9.94. The average Bonchev–Trinajstić information content (AvgIpc) is 2.55. The smallest absolute Gasteiger partial charge is 0.255 e. The lowest BCUT2D eigenvalue weighted by Gasteiger charge is -2.31. The van der Waals surface area contributed by atoms with Gasteiger partial charge in [-0.2, -0.15) is 0 Å². The number of hydrogen-bond donors (Lipinski definition) is 3. The molecule has 0 bridgehead atoms. The van der Waals surface area contributed by atoms with Gasteiger partial charge in [0.2, 0.25) is 0 Å². The fourth-order valence-electron chi connectivity index (χ4n) is 2.72. The molecule has 1 heterocycles. The van der Waals surface area contributed by atoms with Gasteiger partial charge in [0.05, 0.1) is 11.6 Å².